The van der Waals surface area contributed by atoms with E-state index in [-0.39, 0.29) is 12.6 Å². The Labute approximate surface area is 134 Å². The van der Waals surface area contributed by atoms with Crippen molar-refractivity contribution in [1.29, 1.82) is 0 Å². The molecule has 0 bridgehead atoms. The second kappa shape index (κ2) is 6.46. The number of pyridine rings is 1. The Balaban J connectivity index is 1.82. The first-order chi connectivity index (χ1) is 11.2. The molecule has 3 N–H and O–H groups in total. The molecule has 0 aliphatic heterocycles. The molecule has 1 aromatic heterocycles. The molecular formula is C18H17N3O2. The van der Waals surface area contributed by atoms with E-state index >= 15 is 0 Å². The number of nitrogens with zero attached hydrogens (tertiary/aromatic N) is 1. The van der Waals surface area contributed by atoms with E-state index in [2.05, 4.69) is 15.6 Å². The van der Waals surface area contributed by atoms with Gasteiger partial charge in [0, 0.05) is 17.3 Å². The van der Waals surface area contributed by atoms with E-state index in [9.17, 15) is 9.90 Å². The van der Waals surface area contributed by atoms with Crippen LogP contribution in [0, 0.1) is 6.92 Å². The van der Waals surface area contributed by atoms with Gasteiger partial charge in [0.15, 0.2) is 0 Å². The highest BCUT2D eigenvalue weighted by atomic mass is 16.3. The zero-order valence-electron chi connectivity index (χ0n) is 12.7. The summed E-state index contributed by atoms with van der Waals surface area (Å²) in [5, 5.41) is 15.8. The molecular weight excluding hydrogens is 290 g/mol. The average Bonchev–Trinajstić information content (AvgIpc) is 2.57. The minimum Gasteiger partial charge on any atom is -0.392 e. The SMILES string of the molecule is Cc1ccc(CO)cc1NC(=O)Nc1cccc2cccnc12. The maximum Gasteiger partial charge on any atom is 0.323 e. The van der Waals surface area contributed by atoms with Gasteiger partial charge in [-0.05, 0) is 36.2 Å². The van der Waals surface area contributed by atoms with Crippen molar-refractivity contribution in [1.82, 2.24) is 4.98 Å². The van der Waals surface area contributed by atoms with E-state index in [1.54, 1.807) is 12.3 Å². The van der Waals surface area contributed by atoms with Crippen molar-refractivity contribution in [3.05, 3.63) is 65.9 Å². The molecule has 5 heteroatoms. The number of benzene rings is 2. The summed E-state index contributed by atoms with van der Waals surface area (Å²) >= 11 is 0. The van der Waals surface area contributed by atoms with Crippen LogP contribution in [0.2, 0.25) is 0 Å². The fraction of sp³-hybridized carbons (Fsp3) is 0.111. The Morgan fingerprint density at radius 3 is 2.70 bits per heavy atom. The molecule has 3 rings (SSSR count). The third-order valence-electron chi connectivity index (χ3n) is 3.61. The van der Waals surface area contributed by atoms with Crippen LogP contribution in [0.4, 0.5) is 16.2 Å². The topological polar surface area (TPSA) is 74.2 Å². The van der Waals surface area contributed by atoms with Crippen molar-refractivity contribution in [3.63, 3.8) is 0 Å². The number of aliphatic hydroxyl groups excluding tert-OH is 1. The number of fused-ring (bicyclic) bond motifs is 1. The van der Waals surface area contributed by atoms with E-state index in [4.69, 9.17) is 0 Å². The maximum absolute atomic E-state index is 12.3. The van der Waals surface area contributed by atoms with E-state index in [1.807, 2.05) is 49.4 Å². The quantitative estimate of drug-likeness (QED) is 0.691. The lowest BCUT2D eigenvalue weighted by atomic mass is 10.1. The number of carbonyl (C=O) groups is 1. The summed E-state index contributed by atoms with van der Waals surface area (Å²) in [7, 11) is 0. The smallest absolute Gasteiger partial charge is 0.323 e. The van der Waals surface area contributed by atoms with Crippen LogP contribution in [-0.2, 0) is 6.61 Å². The lowest BCUT2D eigenvalue weighted by Gasteiger charge is -2.12. The highest BCUT2D eigenvalue weighted by molar-refractivity contribution is 6.05. The first-order valence-electron chi connectivity index (χ1n) is 7.29. The van der Waals surface area contributed by atoms with Crippen LogP contribution in [0.15, 0.2) is 54.7 Å². The molecule has 3 aromatic rings. The molecule has 0 radical (unpaired) electrons. The Morgan fingerprint density at radius 2 is 1.87 bits per heavy atom. The number of rotatable bonds is 3. The minimum atomic E-state index is -0.346. The lowest BCUT2D eigenvalue weighted by Crippen LogP contribution is -2.20. The summed E-state index contributed by atoms with van der Waals surface area (Å²) in [6, 6.07) is 14.5. The Bertz CT molecular complexity index is 857. The van der Waals surface area contributed by atoms with Crippen LogP contribution in [0.25, 0.3) is 10.9 Å². The van der Waals surface area contributed by atoms with Gasteiger partial charge < -0.3 is 15.7 Å². The molecule has 0 saturated carbocycles. The van der Waals surface area contributed by atoms with Gasteiger partial charge in [-0.2, -0.15) is 0 Å². The predicted molar refractivity (Wildman–Crippen MR) is 91.5 cm³/mol. The summed E-state index contributed by atoms with van der Waals surface area (Å²) in [4.78, 5) is 16.6. The molecule has 23 heavy (non-hydrogen) atoms. The number of anilines is 2. The summed E-state index contributed by atoms with van der Waals surface area (Å²) < 4.78 is 0. The minimum absolute atomic E-state index is 0.0657. The number of para-hydroxylation sites is 1. The molecule has 0 aliphatic rings. The van der Waals surface area contributed by atoms with Crippen LogP contribution in [-0.4, -0.2) is 16.1 Å². The second-order valence-electron chi connectivity index (χ2n) is 5.27. The summed E-state index contributed by atoms with van der Waals surface area (Å²) in [5.41, 5.74) is 3.73. The molecule has 2 aromatic carbocycles. The van der Waals surface area contributed by atoms with Gasteiger partial charge in [0.25, 0.3) is 0 Å². The van der Waals surface area contributed by atoms with Gasteiger partial charge in [0.1, 0.15) is 0 Å². The number of hydrogen-bond donors (Lipinski definition) is 3. The first kappa shape index (κ1) is 15.0. The van der Waals surface area contributed by atoms with Crippen molar-refractivity contribution in [3.8, 4) is 0 Å². The zero-order valence-corrected chi connectivity index (χ0v) is 12.7. The average molecular weight is 307 g/mol. The van der Waals surface area contributed by atoms with Gasteiger partial charge in [0.05, 0.1) is 17.8 Å². The van der Waals surface area contributed by atoms with Gasteiger partial charge >= 0.3 is 6.03 Å². The lowest BCUT2D eigenvalue weighted by molar-refractivity contribution is 0.262. The summed E-state index contributed by atoms with van der Waals surface area (Å²) in [5.74, 6) is 0. The fourth-order valence-electron chi connectivity index (χ4n) is 2.38. The van der Waals surface area contributed by atoms with Crippen molar-refractivity contribution in [2.45, 2.75) is 13.5 Å². The number of urea groups is 1. The largest absolute Gasteiger partial charge is 0.392 e. The van der Waals surface area contributed by atoms with Crippen LogP contribution in [0.5, 0.6) is 0 Å². The number of carbonyl (C=O) groups excluding carboxylic acids is 1. The standard InChI is InChI=1S/C18H17N3O2/c1-12-7-8-13(11-22)10-16(12)21-18(23)20-15-6-2-4-14-5-3-9-19-17(14)15/h2-10,22H,11H2,1H3,(H2,20,21,23). The second-order valence-corrected chi connectivity index (χ2v) is 5.27. The normalized spacial score (nSPS) is 10.5. The molecule has 0 atom stereocenters. The zero-order chi connectivity index (χ0) is 16.2. The summed E-state index contributed by atoms with van der Waals surface area (Å²) in [6.07, 6.45) is 1.69. The van der Waals surface area contributed by atoms with Crippen LogP contribution < -0.4 is 10.6 Å². The molecule has 116 valence electrons. The molecule has 5 nitrogen and oxygen atoms in total. The number of aromatic nitrogens is 1. The van der Waals surface area contributed by atoms with Crippen molar-refractivity contribution in [2.75, 3.05) is 10.6 Å². The van der Waals surface area contributed by atoms with Gasteiger partial charge in [-0.25, -0.2) is 4.79 Å². The highest BCUT2D eigenvalue weighted by Gasteiger charge is 2.08. The number of hydrogen-bond acceptors (Lipinski definition) is 3. The van der Waals surface area contributed by atoms with Gasteiger partial charge in [0.2, 0.25) is 0 Å². The highest BCUT2D eigenvalue weighted by Crippen LogP contribution is 2.22. The van der Waals surface area contributed by atoms with Crippen LogP contribution in [0.3, 0.4) is 0 Å². The summed E-state index contributed by atoms with van der Waals surface area (Å²) in [6.45, 7) is 1.83. The fourth-order valence-corrected chi connectivity index (χ4v) is 2.38. The Hall–Kier alpha value is -2.92. The van der Waals surface area contributed by atoms with E-state index in [0.717, 1.165) is 22.0 Å². The molecule has 1 heterocycles. The molecule has 0 fully saturated rings. The molecule has 0 saturated heterocycles. The number of amides is 2. The third kappa shape index (κ3) is 3.30. The maximum atomic E-state index is 12.3. The first-order valence-corrected chi connectivity index (χ1v) is 7.29. The van der Waals surface area contributed by atoms with Gasteiger partial charge in [-0.1, -0.05) is 30.3 Å². The monoisotopic (exact) mass is 307 g/mol. The molecule has 0 spiro atoms. The van der Waals surface area contributed by atoms with E-state index in [0.29, 0.717) is 11.4 Å². The van der Waals surface area contributed by atoms with Crippen LogP contribution >= 0.6 is 0 Å². The Morgan fingerprint density at radius 1 is 1.09 bits per heavy atom. The van der Waals surface area contributed by atoms with Crippen molar-refractivity contribution in [2.24, 2.45) is 0 Å². The van der Waals surface area contributed by atoms with Crippen molar-refractivity contribution >= 4 is 28.3 Å². The number of nitrogens with one attached hydrogen (secondary N) is 2. The van der Waals surface area contributed by atoms with Gasteiger partial charge in [-0.15, -0.1) is 0 Å². The van der Waals surface area contributed by atoms with E-state index in [1.165, 1.54) is 0 Å². The Kier molecular flexibility index (Phi) is 4.21. The van der Waals surface area contributed by atoms with Gasteiger partial charge in [-0.3, -0.25) is 4.98 Å². The van der Waals surface area contributed by atoms with E-state index < -0.39 is 0 Å². The number of aryl methyl sites for hydroxylation is 1. The molecule has 2 amide bonds. The molecule has 0 aliphatic carbocycles. The number of aliphatic hydroxyl groups is 1. The molecule has 0 unspecified atom stereocenters. The predicted octanol–water partition coefficient (Wildman–Crippen LogP) is 3.68. The van der Waals surface area contributed by atoms with Crippen molar-refractivity contribution < 1.29 is 9.90 Å². The third-order valence-corrected chi connectivity index (χ3v) is 3.61. The van der Waals surface area contributed by atoms with Crippen LogP contribution in [0.1, 0.15) is 11.1 Å².